The second kappa shape index (κ2) is 16.7. The van der Waals surface area contributed by atoms with Crippen molar-refractivity contribution in [2.75, 3.05) is 20.3 Å². The number of hydrogen-bond acceptors (Lipinski definition) is 6. The zero-order chi connectivity index (χ0) is 37.4. The first kappa shape index (κ1) is 37.7. The lowest BCUT2D eigenvalue weighted by molar-refractivity contribution is 0.0187. The Morgan fingerprint density at radius 1 is 0.774 bits per heavy atom. The largest absolute Gasteiger partial charge is 0.491 e. The van der Waals surface area contributed by atoms with Gasteiger partial charge in [0.2, 0.25) is 0 Å². The van der Waals surface area contributed by atoms with Crippen LogP contribution in [-0.2, 0) is 27.1 Å². The Bertz CT molecular complexity index is 1870. The number of nitrogens with zero attached hydrogens (tertiary/aromatic N) is 1. The van der Waals surface area contributed by atoms with Gasteiger partial charge in [-0.25, -0.2) is 14.0 Å². The number of carbonyl (C=O) groups is 2. The molecule has 1 amide bonds. The maximum Gasteiger partial charge on any atom is 0.410 e. The van der Waals surface area contributed by atoms with Crippen LogP contribution in [0, 0.1) is 5.82 Å². The van der Waals surface area contributed by atoms with Gasteiger partial charge in [0, 0.05) is 11.8 Å². The van der Waals surface area contributed by atoms with Crippen molar-refractivity contribution in [2.45, 2.75) is 61.7 Å². The lowest BCUT2D eigenvalue weighted by Gasteiger charge is -2.37. The molecule has 0 radical (unpaired) electrons. The molecule has 0 unspecified atom stereocenters. The molecule has 0 saturated carbocycles. The summed E-state index contributed by atoms with van der Waals surface area (Å²) in [6, 6.07) is 43.1. The second-order valence-electron chi connectivity index (χ2n) is 14.3. The number of rotatable bonds is 12. The number of halogens is 1. The summed E-state index contributed by atoms with van der Waals surface area (Å²) < 4.78 is 30.3. The topological polar surface area (TPSA) is 65.1 Å². The van der Waals surface area contributed by atoms with Crippen molar-refractivity contribution in [1.29, 1.82) is 0 Å². The van der Waals surface area contributed by atoms with Gasteiger partial charge in [0.25, 0.3) is 0 Å². The summed E-state index contributed by atoms with van der Waals surface area (Å²) in [5.41, 5.74) is 4.97. The summed E-state index contributed by atoms with van der Waals surface area (Å²) in [6.45, 7) is 6.29. The highest BCUT2D eigenvalue weighted by atomic mass is 32.2. The van der Waals surface area contributed by atoms with Gasteiger partial charge in [-0.05, 0) is 92.1 Å². The van der Waals surface area contributed by atoms with Crippen molar-refractivity contribution < 1.29 is 28.2 Å². The van der Waals surface area contributed by atoms with E-state index >= 15 is 0 Å². The lowest BCUT2D eigenvalue weighted by atomic mass is 9.84. The first-order valence-electron chi connectivity index (χ1n) is 18.0. The third-order valence-electron chi connectivity index (χ3n) is 9.41. The molecule has 1 heterocycles. The molecule has 0 N–H and O–H groups in total. The molecule has 5 aromatic carbocycles. The third kappa shape index (κ3) is 9.11. The van der Waals surface area contributed by atoms with Crippen LogP contribution in [0.25, 0.3) is 0 Å². The molecule has 6 nitrogen and oxygen atoms in total. The van der Waals surface area contributed by atoms with Crippen LogP contribution < -0.4 is 4.74 Å². The maximum atomic E-state index is 13.8. The van der Waals surface area contributed by atoms with Crippen LogP contribution in [0.4, 0.5) is 9.18 Å². The van der Waals surface area contributed by atoms with Gasteiger partial charge < -0.3 is 19.1 Å². The maximum absolute atomic E-state index is 13.8. The van der Waals surface area contributed by atoms with Gasteiger partial charge >= 0.3 is 12.1 Å². The fourth-order valence-corrected chi connectivity index (χ4v) is 8.79. The van der Waals surface area contributed by atoms with Crippen LogP contribution in [0.15, 0.2) is 133 Å². The number of ether oxygens (including phenoxy) is 3. The Balaban J connectivity index is 1.28. The van der Waals surface area contributed by atoms with Crippen LogP contribution >= 0.6 is 11.8 Å². The van der Waals surface area contributed by atoms with Gasteiger partial charge in [-0.2, -0.15) is 0 Å². The molecule has 0 aromatic heterocycles. The van der Waals surface area contributed by atoms with Gasteiger partial charge in [-0.15, -0.1) is 11.8 Å². The fourth-order valence-electron chi connectivity index (χ4n) is 6.92. The Hall–Kier alpha value is -5.08. The number of esters is 1. The Morgan fingerprint density at radius 3 is 1.87 bits per heavy atom. The Morgan fingerprint density at radius 2 is 1.34 bits per heavy atom. The van der Waals surface area contributed by atoms with Crippen molar-refractivity contribution in [3.8, 4) is 5.75 Å². The SMILES string of the molecule is COC(=O)c1cc(OC[C@@H]2C[C@H](SC(c3ccccc3)(c3ccccc3)c3ccccc3)CN2C(=O)OC(C)(C)C)ccc1CCc1ccc(F)cc1. The number of carbonyl (C=O) groups excluding carboxylic acids is 2. The van der Waals surface area contributed by atoms with Gasteiger partial charge in [0.15, 0.2) is 0 Å². The molecule has 5 aromatic rings. The van der Waals surface area contributed by atoms with E-state index in [0.717, 1.165) is 27.8 Å². The van der Waals surface area contributed by atoms with Crippen LogP contribution in [0.2, 0.25) is 0 Å². The molecular weight excluding hydrogens is 686 g/mol. The molecular formula is C45H46FNO5S. The zero-order valence-electron chi connectivity index (χ0n) is 30.7. The molecule has 0 aliphatic carbocycles. The second-order valence-corrected chi connectivity index (χ2v) is 15.8. The molecule has 2 atom stereocenters. The van der Waals surface area contributed by atoms with E-state index in [-0.39, 0.29) is 29.8 Å². The number of amides is 1. The average molecular weight is 732 g/mol. The summed E-state index contributed by atoms with van der Waals surface area (Å²) in [5.74, 6) is -0.245. The standard InChI is InChI=1S/C45H46FNO5S/c1-44(2,3)52-43(49)47-30-40(53-45(34-14-8-5-9-15-34,35-16-10-6-11-17-35)36-18-12-7-13-19-36)28-38(47)31-51-39-27-24-33(41(29-39)42(48)50-4)23-20-32-21-25-37(46)26-22-32/h5-19,21-22,24-27,29,38,40H,20,23,28,30-31H2,1-4H3/t38-,40-/m0/s1. The molecule has 1 saturated heterocycles. The fraction of sp³-hybridized carbons (Fsp3) is 0.289. The third-order valence-corrected chi connectivity index (χ3v) is 11.1. The number of likely N-dealkylation sites (tertiary alicyclic amines) is 1. The van der Waals surface area contributed by atoms with Crippen LogP contribution in [0.3, 0.4) is 0 Å². The monoisotopic (exact) mass is 731 g/mol. The van der Waals surface area contributed by atoms with E-state index in [2.05, 4.69) is 72.8 Å². The number of benzene rings is 5. The number of methoxy groups -OCH3 is 1. The first-order valence-corrected chi connectivity index (χ1v) is 18.9. The van der Waals surface area contributed by atoms with E-state index in [1.165, 1.54) is 19.2 Å². The summed E-state index contributed by atoms with van der Waals surface area (Å²) >= 11 is 1.85. The minimum atomic E-state index is -0.672. The first-order chi connectivity index (χ1) is 25.6. The van der Waals surface area contributed by atoms with Crippen molar-refractivity contribution in [3.63, 3.8) is 0 Å². The highest BCUT2D eigenvalue weighted by Gasteiger charge is 2.45. The van der Waals surface area contributed by atoms with E-state index < -0.39 is 16.3 Å². The smallest absolute Gasteiger partial charge is 0.410 e. The van der Waals surface area contributed by atoms with E-state index in [1.54, 1.807) is 23.1 Å². The number of aryl methyl sites for hydroxylation is 2. The molecule has 6 rings (SSSR count). The summed E-state index contributed by atoms with van der Waals surface area (Å²) in [7, 11) is 1.36. The van der Waals surface area contributed by atoms with Crippen molar-refractivity contribution in [1.82, 2.24) is 4.90 Å². The zero-order valence-corrected chi connectivity index (χ0v) is 31.5. The van der Waals surface area contributed by atoms with Crippen molar-refractivity contribution in [3.05, 3.63) is 173 Å². The minimum absolute atomic E-state index is 0.0243. The molecule has 274 valence electrons. The van der Waals surface area contributed by atoms with Crippen molar-refractivity contribution >= 4 is 23.8 Å². The molecule has 1 aliphatic heterocycles. The minimum Gasteiger partial charge on any atom is -0.491 e. The van der Waals surface area contributed by atoms with E-state index in [1.807, 2.05) is 62.9 Å². The van der Waals surface area contributed by atoms with Crippen LogP contribution in [0.1, 0.15) is 65.4 Å². The van der Waals surface area contributed by atoms with E-state index in [0.29, 0.717) is 37.1 Å². The van der Waals surface area contributed by atoms with Gasteiger partial charge in [-0.1, -0.05) is 109 Å². The molecule has 0 bridgehead atoms. The Kier molecular flexibility index (Phi) is 11.9. The highest BCUT2D eigenvalue weighted by Crippen LogP contribution is 2.52. The molecule has 0 spiro atoms. The molecule has 1 fully saturated rings. The van der Waals surface area contributed by atoms with E-state index in [9.17, 15) is 14.0 Å². The number of thioether (sulfide) groups is 1. The van der Waals surface area contributed by atoms with Gasteiger partial charge in [0.05, 0.1) is 23.5 Å². The predicted molar refractivity (Wildman–Crippen MR) is 209 cm³/mol. The average Bonchev–Trinajstić information content (AvgIpc) is 3.59. The molecule has 53 heavy (non-hydrogen) atoms. The van der Waals surface area contributed by atoms with Gasteiger partial charge in [0.1, 0.15) is 23.8 Å². The Labute approximate surface area is 316 Å². The van der Waals surface area contributed by atoms with E-state index in [4.69, 9.17) is 14.2 Å². The number of hydrogen-bond donors (Lipinski definition) is 0. The summed E-state index contributed by atoms with van der Waals surface area (Å²) in [6.07, 6.45) is 1.48. The quantitative estimate of drug-likeness (QED) is 0.0941. The molecule has 1 aliphatic rings. The molecule has 8 heteroatoms. The van der Waals surface area contributed by atoms with Crippen molar-refractivity contribution in [2.24, 2.45) is 0 Å². The normalized spacial score (nSPS) is 15.9. The summed E-state index contributed by atoms with van der Waals surface area (Å²) in [5, 5.41) is 0.0243. The predicted octanol–water partition coefficient (Wildman–Crippen LogP) is 9.88. The van der Waals surface area contributed by atoms with Gasteiger partial charge in [-0.3, -0.25) is 0 Å². The van der Waals surface area contributed by atoms with Crippen LogP contribution in [-0.4, -0.2) is 54.1 Å². The summed E-state index contributed by atoms with van der Waals surface area (Å²) in [4.78, 5) is 28.5. The van der Waals surface area contributed by atoms with Crippen LogP contribution in [0.5, 0.6) is 5.75 Å². The highest BCUT2D eigenvalue weighted by molar-refractivity contribution is 8.01. The lowest BCUT2D eigenvalue weighted by Crippen LogP contribution is -2.42.